The van der Waals surface area contributed by atoms with Crippen LogP contribution >= 0.6 is 0 Å². The lowest BCUT2D eigenvalue weighted by Gasteiger charge is -2.37. The van der Waals surface area contributed by atoms with E-state index < -0.39 is 0 Å². The summed E-state index contributed by atoms with van der Waals surface area (Å²) < 4.78 is 16.4. The van der Waals surface area contributed by atoms with Crippen LogP contribution in [0, 0.1) is 18.3 Å². The maximum absolute atomic E-state index is 12.5. The van der Waals surface area contributed by atoms with Crippen LogP contribution in [0.2, 0.25) is 0 Å². The lowest BCUT2D eigenvalue weighted by molar-refractivity contribution is -0.135. The van der Waals surface area contributed by atoms with Gasteiger partial charge in [-0.15, -0.1) is 0 Å². The molecule has 2 heterocycles. The van der Waals surface area contributed by atoms with Crippen molar-refractivity contribution in [3.63, 3.8) is 0 Å². The minimum atomic E-state index is -0.384. The molecule has 0 N–H and O–H groups in total. The van der Waals surface area contributed by atoms with Crippen molar-refractivity contribution >= 4 is 5.91 Å². The Morgan fingerprint density at radius 2 is 1.83 bits per heavy atom. The number of rotatable bonds is 5. The Balaban J connectivity index is 1.31. The lowest BCUT2D eigenvalue weighted by atomic mass is 10.0. The van der Waals surface area contributed by atoms with Gasteiger partial charge in [0.25, 0.3) is 5.91 Å². The van der Waals surface area contributed by atoms with Gasteiger partial charge in [0.05, 0.1) is 6.07 Å². The number of carbonyl (C=O) groups excluding carboxylic acids is 1. The van der Waals surface area contributed by atoms with E-state index in [1.807, 2.05) is 49.4 Å². The Kier molecular flexibility index (Phi) is 5.54. The van der Waals surface area contributed by atoms with Crippen LogP contribution in [0.25, 0.3) is 0 Å². The van der Waals surface area contributed by atoms with Gasteiger partial charge in [0.1, 0.15) is 11.8 Å². The number of amides is 1. The highest BCUT2D eigenvalue weighted by atomic mass is 16.7. The van der Waals surface area contributed by atoms with Gasteiger partial charge in [-0.2, -0.15) is 5.26 Å². The van der Waals surface area contributed by atoms with Gasteiger partial charge in [-0.05, 0) is 36.8 Å². The van der Waals surface area contributed by atoms with Crippen LogP contribution in [0.4, 0.5) is 0 Å². The smallest absolute Gasteiger partial charge is 0.260 e. The molecule has 7 nitrogen and oxygen atoms in total. The average Bonchev–Trinajstić information content (AvgIpc) is 3.22. The standard InChI is InChI=1S/C22H23N3O4/c1-16-2-5-18(6-3-16)27-14-22(26)25-10-8-24(9-11-25)19(13-23)17-4-7-20-21(12-17)29-15-28-20/h2-7,12,19H,8-11,14-15H2,1H3. The van der Waals surface area contributed by atoms with E-state index in [0.717, 1.165) is 11.1 Å². The number of aryl methyl sites for hydroxylation is 1. The second kappa shape index (κ2) is 8.41. The first-order valence-corrected chi connectivity index (χ1v) is 9.64. The van der Waals surface area contributed by atoms with E-state index in [-0.39, 0.29) is 25.3 Å². The number of piperazine rings is 1. The summed E-state index contributed by atoms with van der Waals surface area (Å²) in [6, 6.07) is 15.2. The summed E-state index contributed by atoms with van der Waals surface area (Å²) in [5.41, 5.74) is 2.02. The van der Waals surface area contributed by atoms with Gasteiger partial charge in [-0.3, -0.25) is 9.69 Å². The number of nitrogens with zero attached hydrogens (tertiary/aromatic N) is 3. The van der Waals surface area contributed by atoms with E-state index in [4.69, 9.17) is 14.2 Å². The van der Waals surface area contributed by atoms with Crippen molar-refractivity contribution in [2.45, 2.75) is 13.0 Å². The van der Waals surface area contributed by atoms with Crippen LogP contribution in [0.5, 0.6) is 17.2 Å². The highest BCUT2D eigenvalue weighted by Crippen LogP contribution is 2.35. The number of benzene rings is 2. The van der Waals surface area contributed by atoms with Crippen molar-refractivity contribution in [2.24, 2.45) is 0 Å². The summed E-state index contributed by atoms with van der Waals surface area (Å²) in [5.74, 6) is 2.02. The van der Waals surface area contributed by atoms with Crippen molar-refractivity contribution in [3.05, 3.63) is 53.6 Å². The molecule has 29 heavy (non-hydrogen) atoms. The van der Waals surface area contributed by atoms with E-state index in [1.165, 1.54) is 0 Å². The average molecular weight is 393 g/mol. The molecule has 0 aliphatic carbocycles. The normalized spacial score (nSPS) is 16.9. The van der Waals surface area contributed by atoms with Crippen molar-refractivity contribution < 1.29 is 19.0 Å². The highest BCUT2D eigenvalue weighted by Gasteiger charge is 2.28. The van der Waals surface area contributed by atoms with Gasteiger partial charge < -0.3 is 19.1 Å². The van der Waals surface area contributed by atoms with Gasteiger partial charge in [0.2, 0.25) is 6.79 Å². The number of nitriles is 1. The molecule has 7 heteroatoms. The third-order valence-corrected chi connectivity index (χ3v) is 5.25. The summed E-state index contributed by atoms with van der Waals surface area (Å²) in [7, 11) is 0. The third-order valence-electron chi connectivity index (χ3n) is 5.25. The van der Waals surface area contributed by atoms with Gasteiger partial charge >= 0.3 is 0 Å². The predicted molar refractivity (Wildman–Crippen MR) is 106 cm³/mol. The first-order chi connectivity index (χ1) is 14.1. The molecule has 0 aromatic heterocycles. The summed E-state index contributed by atoms with van der Waals surface area (Å²) in [5, 5.41) is 9.72. The van der Waals surface area contributed by atoms with Gasteiger partial charge in [0.15, 0.2) is 18.1 Å². The Bertz CT molecular complexity index is 915. The molecule has 2 aliphatic rings. The number of hydrogen-bond acceptors (Lipinski definition) is 6. The molecule has 1 fully saturated rings. The zero-order valence-corrected chi connectivity index (χ0v) is 16.3. The molecule has 2 aromatic rings. The summed E-state index contributed by atoms with van der Waals surface area (Å²) >= 11 is 0. The number of ether oxygens (including phenoxy) is 3. The second-order valence-corrected chi connectivity index (χ2v) is 7.16. The molecule has 1 atom stereocenters. The van der Waals surface area contributed by atoms with Crippen LogP contribution in [0.15, 0.2) is 42.5 Å². The SMILES string of the molecule is Cc1ccc(OCC(=O)N2CCN(C(C#N)c3ccc4c(c3)OCO4)CC2)cc1. The molecule has 1 amide bonds. The fraction of sp³-hybridized carbons (Fsp3) is 0.364. The van der Waals surface area contributed by atoms with E-state index >= 15 is 0 Å². The minimum Gasteiger partial charge on any atom is -0.484 e. The highest BCUT2D eigenvalue weighted by molar-refractivity contribution is 5.77. The molecule has 0 spiro atoms. The number of carbonyl (C=O) groups is 1. The van der Waals surface area contributed by atoms with E-state index in [0.29, 0.717) is 43.4 Å². The monoisotopic (exact) mass is 393 g/mol. The molecular weight excluding hydrogens is 370 g/mol. The van der Waals surface area contributed by atoms with Crippen LogP contribution < -0.4 is 14.2 Å². The Hall–Kier alpha value is -3.24. The largest absolute Gasteiger partial charge is 0.484 e. The quantitative estimate of drug-likeness (QED) is 0.777. The van der Waals surface area contributed by atoms with Crippen molar-refractivity contribution in [1.29, 1.82) is 5.26 Å². The molecule has 2 aliphatic heterocycles. The van der Waals surface area contributed by atoms with Crippen LogP contribution in [-0.4, -0.2) is 55.3 Å². The van der Waals surface area contributed by atoms with Crippen LogP contribution in [0.3, 0.4) is 0 Å². The van der Waals surface area contributed by atoms with Gasteiger partial charge in [0, 0.05) is 26.2 Å². The molecular formula is C22H23N3O4. The van der Waals surface area contributed by atoms with Crippen molar-refractivity contribution in [2.75, 3.05) is 39.6 Å². The number of fused-ring (bicyclic) bond motifs is 1. The maximum Gasteiger partial charge on any atom is 0.260 e. The Labute approximate surface area is 170 Å². The van der Waals surface area contributed by atoms with Crippen molar-refractivity contribution in [3.8, 4) is 23.3 Å². The topological polar surface area (TPSA) is 75.0 Å². The fourth-order valence-electron chi connectivity index (χ4n) is 3.55. The van der Waals surface area contributed by atoms with Crippen LogP contribution in [0.1, 0.15) is 17.2 Å². The summed E-state index contributed by atoms with van der Waals surface area (Å²) in [6.45, 7) is 4.63. The summed E-state index contributed by atoms with van der Waals surface area (Å²) in [4.78, 5) is 16.3. The molecule has 1 saturated heterocycles. The maximum atomic E-state index is 12.5. The van der Waals surface area contributed by atoms with E-state index in [2.05, 4.69) is 11.0 Å². The van der Waals surface area contributed by atoms with Crippen molar-refractivity contribution in [1.82, 2.24) is 9.80 Å². The summed E-state index contributed by atoms with van der Waals surface area (Å²) in [6.07, 6.45) is 0. The third kappa shape index (κ3) is 4.28. The lowest BCUT2D eigenvalue weighted by Crippen LogP contribution is -2.50. The molecule has 4 rings (SSSR count). The second-order valence-electron chi connectivity index (χ2n) is 7.16. The fourth-order valence-corrected chi connectivity index (χ4v) is 3.55. The zero-order chi connectivity index (χ0) is 20.2. The predicted octanol–water partition coefficient (Wildman–Crippen LogP) is 2.51. The first-order valence-electron chi connectivity index (χ1n) is 9.64. The van der Waals surface area contributed by atoms with E-state index in [9.17, 15) is 10.1 Å². The molecule has 0 bridgehead atoms. The molecule has 150 valence electrons. The minimum absolute atomic E-state index is 0.0207. The van der Waals surface area contributed by atoms with Crippen LogP contribution in [-0.2, 0) is 4.79 Å². The number of hydrogen-bond donors (Lipinski definition) is 0. The Morgan fingerprint density at radius 3 is 2.55 bits per heavy atom. The zero-order valence-electron chi connectivity index (χ0n) is 16.3. The Morgan fingerprint density at radius 1 is 1.10 bits per heavy atom. The van der Waals surface area contributed by atoms with Gasteiger partial charge in [-0.1, -0.05) is 23.8 Å². The molecule has 0 saturated carbocycles. The molecule has 0 radical (unpaired) electrons. The molecule has 1 unspecified atom stereocenters. The van der Waals surface area contributed by atoms with Gasteiger partial charge in [-0.25, -0.2) is 0 Å². The van der Waals surface area contributed by atoms with E-state index in [1.54, 1.807) is 4.90 Å². The molecule has 2 aromatic carbocycles. The first kappa shape index (κ1) is 19.1.